The molecule has 5 heteroatoms. The van der Waals surface area contributed by atoms with Gasteiger partial charge < -0.3 is 10.2 Å². The van der Waals surface area contributed by atoms with Crippen molar-refractivity contribution >= 4 is 29.1 Å². The first-order valence-electron chi connectivity index (χ1n) is 9.00. The van der Waals surface area contributed by atoms with E-state index in [2.05, 4.69) is 5.32 Å². The SMILES string of the molecule is CC(=O)N1CCc2cc(C(=O)NC(c3ccc(Cl)cc3)C3CC3)ccc21. The first kappa shape index (κ1) is 17.1. The van der Waals surface area contributed by atoms with E-state index in [0.717, 1.165) is 36.1 Å². The Hall–Kier alpha value is -2.33. The van der Waals surface area contributed by atoms with Crippen LogP contribution in [0, 0.1) is 5.92 Å². The molecule has 0 bridgehead atoms. The molecule has 1 fully saturated rings. The Labute approximate surface area is 158 Å². The molecule has 1 aliphatic heterocycles. The summed E-state index contributed by atoms with van der Waals surface area (Å²) in [7, 11) is 0. The van der Waals surface area contributed by atoms with Crippen molar-refractivity contribution < 1.29 is 9.59 Å². The van der Waals surface area contributed by atoms with E-state index in [0.29, 0.717) is 23.0 Å². The van der Waals surface area contributed by atoms with Gasteiger partial charge in [0.2, 0.25) is 5.91 Å². The molecule has 1 heterocycles. The summed E-state index contributed by atoms with van der Waals surface area (Å²) in [5.74, 6) is 0.459. The van der Waals surface area contributed by atoms with Crippen molar-refractivity contribution in [1.82, 2.24) is 5.32 Å². The van der Waals surface area contributed by atoms with Crippen LogP contribution in [0.25, 0.3) is 0 Å². The molecule has 0 radical (unpaired) electrons. The molecule has 1 unspecified atom stereocenters. The monoisotopic (exact) mass is 368 g/mol. The number of nitrogens with one attached hydrogen (secondary N) is 1. The maximum absolute atomic E-state index is 12.8. The first-order valence-corrected chi connectivity index (χ1v) is 9.38. The fourth-order valence-electron chi connectivity index (χ4n) is 3.67. The molecule has 134 valence electrons. The molecular weight excluding hydrogens is 348 g/mol. The molecular formula is C21H21ClN2O2. The first-order chi connectivity index (χ1) is 12.5. The molecule has 0 saturated heterocycles. The summed E-state index contributed by atoms with van der Waals surface area (Å²) in [5.41, 5.74) is 3.72. The maximum Gasteiger partial charge on any atom is 0.251 e. The van der Waals surface area contributed by atoms with Gasteiger partial charge in [-0.1, -0.05) is 23.7 Å². The number of hydrogen-bond acceptors (Lipinski definition) is 2. The van der Waals surface area contributed by atoms with Crippen LogP contribution in [0.4, 0.5) is 5.69 Å². The second kappa shape index (κ2) is 6.76. The minimum Gasteiger partial charge on any atom is -0.345 e. The number of anilines is 1. The highest BCUT2D eigenvalue weighted by Crippen LogP contribution is 2.41. The lowest BCUT2D eigenvalue weighted by Gasteiger charge is -2.19. The van der Waals surface area contributed by atoms with E-state index >= 15 is 0 Å². The van der Waals surface area contributed by atoms with Crippen LogP contribution in [0.5, 0.6) is 0 Å². The van der Waals surface area contributed by atoms with Crippen molar-refractivity contribution in [3.63, 3.8) is 0 Å². The summed E-state index contributed by atoms with van der Waals surface area (Å²) >= 11 is 5.99. The lowest BCUT2D eigenvalue weighted by molar-refractivity contribution is -0.116. The smallest absolute Gasteiger partial charge is 0.251 e. The Bertz CT molecular complexity index is 859. The molecule has 2 aromatic carbocycles. The molecule has 26 heavy (non-hydrogen) atoms. The van der Waals surface area contributed by atoms with Crippen LogP contribution in [0.15, 0.2) is 42.5 Å². The number of fused-ring (bicyclic) bond motifs is 1. The molecule has 0 spiro atoms. The Balaban J connectivity index is 1.54. The van der Waals surface area contributed by atoms with Gasteiger partial charge in [0.15, 0.2) is 0 Å². The van der Waals surface area contributed by atoms with Crippen LogP contribution in [-0.2, 0) is 11.2 Å². The summed E-state index contributed by atoms with van der Waals surface area (Å²) in [5, 5.41) is 3.89. The standard InChI is InChI=1S/C21H21ClN2O2/c1-13(25)24-11-10-16-12-17(6-9-19(16)24)21(26)23-20(14-2-3-14)15-4-7-18(22)8-5-15/h4-9,12,14,20H,2-3,10-11H2,1H3,(H,23,26). The second-order valence-corrected chi connectivity index (χ2v) is 7.54. The average Bonchev–Trinajstić information content (AvgIpc) is 3.38. The molecule has 4 nitrogen and oxygen atoms in total. The number of halogens is 1. The van der Waals surface area contributed by atoms with Gasteiger partial charge in [0.05, 0.1) is 6.04 Å². The van der Waals surface area contributed by atoms with Crippen molar-refractivity contribution in [3.8, 4) is 0 Å². The zero-order valence-corrected chi connectivity index (χ0v) is 15.4. The quantitative estimate of drug-likeness (QED) is 0.882. The molecule has 1 atom stereocenters. The number of carbonyl (C=O) groups excluding carboxylic acids is 2. The van der Waals surface area contributed by atoms with Gasteiger partial charge >= 0.3 is 0 Å². The van der Waals surface area contributed by atoms with E-state index in [9.17, 15) is 9.59 Å². The number of nitrogens with zero attached hydrogens (tertiary/aromatic N) is 1. The Kier molecular flexibility index (Phi) is 4.45. The van der Waals surface area contributed by atoms with Crippen molar-refractivity contribution in [1.29, 1.82) is 0 Å². The Morgan fingerprint density at radius 1 is 1.15 bits per heavy atom. The Morgan fingerprint density at radius 3 is 2.54 bits per heavy atom. The van der Waals surface area contributed by atoms with Gasteiger partial charge in [0.1, 0.15) is 0 Å². The third kappa shape index (κ3) is 3.34. The zero-order chi connectivity index (χ0) is 18.3. The van der Waals surface area contributed by atoms with Crippen LogP contribution in [-0.4, -0.2) is 18.4 Å². The summed E-state index contributed by atoms with van der Waals surface area (Å²) < 4.78 is 0. The molecule has 2 aliphatic rings. The third-order valence-electron chi connectivity index (χ3n) is 5.23. The summed E-state index contributed by atoms with van der Waals surface area (Å²) in [6.07, 6.45) is 3.05. The van der Waals surface area contributed by atoms with Gasteiger partial charge in [-0.25, -0.2) is 0 Å². The van der Waals surface area contributed by atoms with E-state index in [4.69, 9.17) is 11.6 Å². The largest absolute Gasteiger partial charge is 0.345 e. The lowest BCUT2D eigenvalue weighted by atomic mass is 10.0. The lowest BCUT2D eigenvalue weighted by Crippen LogP contribution is -2.30. The molecule has 1 N–H and O–H groups in total. The van der Waals surface area contributed by atoms with Crippen LogP contribution in [0.1, 0.15) is 47.3 Å². The highest BCUT2D eigenvalue weighted by atomic mass is 35.5. The molecule has 1 aliphatic carbocycles. The van der Waals surface area contributed by atoms with Crippen molar-refractivity contribution in [2.75, 3.05) is 11.4 Å². The molecule has 1 saturated carbocycles. The van der Waals surface area contributed by atoms with Gasteiger partial charge in [0.25, 0.3) is 5.91 Å². The topological polar surface area (TPSA) is 49.4 Å². The van der Waals surface area contributed by atoms with Gasteiger partial charge in [-0.2, -0.15) is 0 Å². The number of carbonyl (C=O) groups is 2. The van der Waals surface area contributed by atoms with E-state index in [-0.39, 0.29) is 17.9 Å². The van der Waals surface area contributed by atoms with E-state index in [1.807, 2.05) is 36.4 Å². The number of benzene rings is 2. The van der Waals surface area contributed by atoms with Gasteiger partial charge in [-0.15, -0.1) is 0 Å². The van der Waals surface area contributed by atoms with Crippen molar-refractivity contribution in [2.45, 2.75) is 32.2 Å². The molecule has 4 rings (SSSR count). The van der Waals surface area contributed by atoms with Crippen LogP contribution in [0.3, 0.4) is 0 Å². The van der Waals surface area contributed by atoms with E-state index in [1.165, 1.54) is 0 Å². The van der Waals surface area contributed by atoms with Gasteiger partial charge in [0, 0.05) is 29.7 Å². The second-order valence-electron chi connectivity index (χ2n) is 7.10. The molecule has 2 amide bonds. The fourth-order valence-corrected chi connectivity index (χ4v) is 3.79. The summed E-state index contributed by atoms with van der Waals surface area (Å²) in [6, 6.07) is 13.3. The van der Waals surface area contributed by atoms with Crippen LogP contribution in [0.2, 0.25) is 5.02 Å². The highest BCUT2D eigenvalue weighted by Gasteiger charge is 2.34. The minimum atomic E-state index is -0.0686. The zero-order valence-electron chi connectivity index (χ0n) is 14.7. The number of rotatable bonds is 4. The molecule has 2 aromatic rings. The number of hydrogen-bond donors (Lipinski definition) is 1. The van der Waals surface area contributed by atoms with E-state index < -0.39 is 0 Å². The van der Waals surface area contributed by atoms with Gasteiger partial charge in [-0.3, -0.25) is 9.59 Å². The number of amides is 2. The van der Waals surface area contributed by atoms with Crippen LogP contribution < -0.4 is 10.2 Å². The van der Waals surface area contributed by atoms with Crippen molar-refractivity contribution in [2.24, 2.45) is 5.92 Å². The third-order valence-corrected chi connectivity index (χ3v) is 5.48. The molecule has 0 aromatic heterocycles. The fraction of sp³-hybridized carbons (Fsp3) is 0.333. The van der Waals surface area contributed by atoms with Crippen LogP contribution >= 0.6 is 11.6 Å². The van der Waals surface area contributed by atoms with Crippen molar-refractivity contribution in [3.05, 3.63) is 64.2 Å². The summed E-state index contributed by atoms with van der Waals surface area (Å²) in [6.45, 7) is 2.26. The predicted molar refractivity (Wildman–Crippen MR) is 103 cm³/mol. The average molecular weight is 369 g/mol. The predicted octanol–water partition coefficient (Wildman–Crippen LogP) is 4.13. The highest BCUT2D eigenvalue weighted by molar-refractivity contribution is 6.30. The summed E-state index contributed by atoms with van der Waals surface area (Å²) in [4.78, 5) is 26.3. The Morgan fingerprint density at radius 2 is 1.88 bits per heavy atom. The van der Waals surface area contributed by atoms with Gasteiger partial charge in [-0.05, 0) is 66.6 Å². The minimum absolute atomic E-state index is 0.0155. The normalized spacial score (nSPS) is 16.9. The van der Waals surface area contributed by atoms with E-state index in [1.54, 1.807) is 17.9 Å². The maximum atomic E-state index is 12.8.